The smallest absolute Gasteiger partial charge is 0.448 e. The van der Waals surface area contributed by atoms with Gasteiger partial charge in [0.15, 0.2) is 0 Å². The number of hydrogen-bond donors (Lipinski definition) is 1. The number of carbonyl (C=O) groups excluding carboxylic acids is 1. The first-order chi connectivity index (χ1) is 6.20. The maximum Gasteiger partial charge on any atom is 0.722 e. The van der Waals surface area contributed by atoms with Crippen molar-refractivity contribution in [2.75, 3.05) is 13.2 Å². The molecule has 0 fully saturated rings. The van der Waals surface area contributed by atoms with E-state index in [0.717, 1.165) is 6.42 Å². The predicted octanol–water partition coefficient (Wildman–Crippen LogP) is 1.75. The van der Waals surface area contributed by atoms with Gasteiger partial charge in [-0.25, -0.2) is 4.79 Å². The second-order valence-corrected chi connectivity index (χ2v) is 2.86. The Hall–Kier alpha value is -0.710. The van der Waals surface area contributed by atoms with Crippen LogP contribution in [-0.4, -0.2) is 19.3 Å². The summed E-state index contributed by atoms with van der Waals surface area (Å²) in [7, 11) is -2.29. The van der Waals surface area contributed by atoms with Gasteiger partial charge in [-0.15, -0.1) is 10.0 Å². The van der Waals surface area contributed by atoms with Gasteiger partial charge in [-0.1, -0.05) is 6.92 Å². The molecule has 1 N–H and O–H groups in total. The van der Waals surface area contributed by atoms with E-state index < -0.39 is 14.3 Å². The third kappa shape index (κ3) is 7.64. The molecule has 0 aromatic carbocycles. The van der Waals surface area contributed by atoms with Gasteiger partial charge in [0.2, 0.25) is 0 Å². The van der Waals surface area contributed by atoms with E-state index in [1.165, 1.54) is 0 Å². The first kappa shape index (κ1) is 12.3. The molecular weight excluding hydrogens is 197 g/mol. The van der Waals surface area contributed by atoms with Crippen molar-refractivity contribution in [1.29, 1.82) is 0 Å². The number of nitrogens with one attached hydrogen (secondary N) is 1. The molecule has 7 heteroatoms. The van der Waals surface area contributed by atoms with Gasteiger partial charge in [-0.2, -0.15) is 0 Å². The molecule has 76 valence electrons. The van der Waals surface area contributed by atoms with E-state index in [1.807, 2.05) is 12.4 Å². The Labute approximate surface area is 77.4 Å². The van der Waals surface area contributed by atoms with Crippen molar-refractivity contribution < 1.29 is 23.2 Å². The fourth-order valence-corrected chi connectivity index (χ4v) is 0.961. The van der Waals surface area contributed by atoms with E-state index in [1.54, 1.807) is 6.92 Å². The van der Waals surface area contributed by atoms with E-state index in [4.69, 9.17) is 0 Å². The zero-order valence-corrected chi connectivity index (χ0v) is 8.50. The molecular formula is C6H13NO5P+. The van der Waals surface area contributed by atoms with Crippen LogP contribution in [0.2, 0.25) is 0 Å². The fourth-order valence-electron chi connectivity index (χ4n) is 0.427. The van der Waals surface area contributed by atoms with Crippen molar-refractivity contribution in [1.82, 2.24) is 5.48 Å². The van der Waals surface area contributed by atoms with Crippen LogP contribution in [-0.2, 0) is 18.5 Å². The average molecular weight is 210 g/mol. The largest absolute Gasteiger partial charge is 0.722 e. The second kappa shape index (κ2) is 7.91. The molecule has 0 saturated heterocycles. The molecule has 0 bridgehead atoms. The Morgan fingerprint density at radius 2 is 2.15 bits per heavy atom. The Kier molecular flexibility index (Phi) is 7.48. The van der Waals surface area contributed by atoms with Crippen LogP contribution in [0.5, 0.6) is 0 Å². The predicted molar refractivity (Wildman–Crippen MR) is 45.1 cm³/mol. The highest BCUT2D eigenvalue weighted by molar-refractivity contribution is 7.33. The van der Waals surface area contributed by atoms with Crippen LogP contribution in [0.4, 0.5) is 4.79 Å². The summed E-state index contributed by atoms with van der Waals surface area (Å²) in [4.78, 5) is 10.6. The number of rotatable bonds is 6. The number of amides is 1. The molecule has 0 aromatic heterocycles. The summed E-state index contributed by atoms with van der Waals surface area (Å²) in [6.45, 7) is 4.05. The molecule has 0 saturated carbocycles. The molecule has 0 spiro atoms. The summed E-state index contributed by atoms with van der Waals surface area (Å²) in [6.07, 6.45) is -0.0601. The average Bonchev–Trinajstić information content (AvgIpc) is 2.12. The molecule has 0 aliphatic carbocycles. The van der Waals surface area contributed by atoms with Crippen LogP contribution in [0, 0.1) is 0 Å². The second-order valence-electron chi connectivity index (χ2n) is 1.97. The Bertz CT molecular complexity index is 174. The molecule has 0 heterocycles. The molecule has 0 radical (unpaired) electrons. The number of ether oxygens (including phenoxy) is 1. The van der Waals surface area contributed by atoms with Gasteiger partial charge in [-0.05, 0) is 13.3 Å². The van der Waals surface area contributed by atoms with Crippen LogP contribution in [0.3, 0.4) is 0 Å². The monoisotopic (exact) mass is 210 g/mol. The molecule has 0 rings (SSSR count). The fraction of sp³-hybridized carbons (Fsp3) is 0.833. The minimum atomic E-state index is -2.29. The standard InChI is InChI=1S/C6H12NO5P/c1-3-5-11-13(9)12-7-6(8)10-4-2/h3-5H2,1-2H3/p+1. The molecule has 1 unspecified atom stereocenters. The lowest BCUT2D eigenvalue weighted by Gasteiger charge is -1.96. The number of hydroxylamine groups is 1. The lowest BCUT2D eigenvalue weighted by atomic mass is 10.5. The summed E-state index contributed by atoms with van der Waals surface area (Å²) in [5.41, 5.74) is 1.82. The van der Waals surface area contributed by atoms with Crippen LogP contribution in [0.1, 0.15) is 20.3 Å². The molecule has 13 heavy (non-hydrogen) atoms. The van der Waals surface area contributed by atoms with Gasteiger partial charge in [0.1, 0.15) is 6.61 Å². The van der Waals surface area contributed by atoms with Gasteiger partial charge in [0, 0.05) is 9.19 Å². The van der Waals surface area contributed by atoms with Gasteiger partial charge in [-0.3, -0.25) is 0 Å². The lowest BCUT2D eigenvalue weighted by molar-refractivity contribution is 0.0963. The minimum absolute atomic E-state index is 0.224. The summed E-state index contributed by atoms with van der Waals surface area (Å²) in [5.74, 6) is 0. The summed E-state index contributed by atoms with van der Waals surface area (Å²) in [5, 5.41) is 0. The number of carbonyl (C=O) groups is 1. The highest BCUT2D eigenvalue weighted by Gasteiger charge is 2.22. The normalized spacial score (nSPS) is 10.8. The molecule has 6 nitrogen and oxygen atoms in total. The maximum atomic E-state index is 10.7. The molecule has 0 aliphatic rings. The SMILES string of the molecule is CCCO[P+](=O)ONC(=O)OCC. The summed E-state index contributed by atoms with van der Waals surface area (Å²) >= 11 is 0. The van der Waals surface area contributed by atoms with Gasteiger partial charge in [0.25, 0.3) is 0 Å². The third-order valence-electron chi connectivity index (χ3n) is 0.880. The van der Waals surface area contributed by atoms with Crippen molar-refractivity contribution in [3.63, 3.8) is 0 Å². The molecule has 1 atom stereocenters. The summed E-state index contributed by atoms with van der Waals surface area (Å²) < 4.78 is 24.1. The minimum Gasteiger partial charge on any atom is -0.448 e. The van der Waals surface area contributed by atoms with Gasteiger partial charge < -0.3 is 4.74 Å². The Morgan fingerprint density at radius 1 is 1.46 bits per heavy atom. The van der Waals surface area contributed by atoms with Gasteiger partial charge >= 0.3 is 14.3 Å². The maximum absolute atomic E-state index is 10.7. The molecule has 0 aliphatic heterocycles. The zero-order valence-electron chi connectivity index (χ0n) is 7.61. The van der Waals surface area contributed by atoms with Crippen LogP contribution in [0.15, 0.2) is 0 Å². The van der Waals surface area contributed by atoms with Crippen LogP contribution < -0.4 is 5.48 Å². The van der Waals surface area contributed by atoms with E-state index in [2.05, 4.69) is 13.9 Å². The van der Waals surface area contributed by atoms with Crippen molar-refractivity contribution in [2.24, 2.45) is 0 Å². The van der Waals surface area contributed by atoms with Crippen molar-refractivity contribution >= 4 is 14.3 Å². The highest BCUT2D eigenvalue weighted by Crippen LogP contribution is 2.21. The van der Waals surface area contributed by atoms with E-state index in [-0.39, 0.29) is 6.61 Å². The zero-order chi connectivity index (χ0) is 10.1. The van der Waals surface area contributed by atoms with Crippen molar-refractivity contribution in [3.8, 4) is 0 Å². The highest BCUT2D eigenvalue weighted by atomic mass is 31.1. The quantitative estimate of drug-likeness (QED) is 0.534. The Morgan fingerprint density at radius 3 is 2.69 bits per heavy atom. The number of hydrogen-bond acceptors (Lipinski definition) is 5. The topological polar surface area (TPSA) is 73.9 Å². The van der Waals surface area contributed by atoms with Crippen LogP contribution in [0.25, 0.3) is 0 Å². The summed E-state index contributed by atoms with van der Waals surface area (Å²) in [6, 6.07) is 0. The third-order valence-corrected chi connectivity index (χ3v) is 1.51. The van der Waals surface area contributed by atoms with Crippen LogP contribution >= 0.6 is 8.25 Å². The van der Waals surface area contributed by atoms with E-state index in [0.29, 0.717) is 6.61 Å². The van der Waals surface area contributed by atoms with Gasteiger partial charge in [0.05, 0.1) is 6.61 Å². The van der Waals surface area contributed by atoms with E-state index >= 15 is 0 Å². The molecule has 0 aromatic rings. The first-order valence-corrected chi connectivity index (χ1v) is 5.00. The van der Waals surface area contributed by atoms with Crippen molar-refractivity contribution in [3.05, 3.63) is 0 Å². The Balaban J connectivity index is 3.40. The molecule has 1 amide bonds. The van der Waals surface area contributed by atoms with E-state index in [9.17, 15) is 9.36 Å². The van der Waals surface area contributed by atoms with Crippen molar-refractivity contribution in [2.45, 2.75) is 20.3 Å². The lowest BCUT2D eigenvalue weighted by Crippen LogP contribution is -2.22. The first-order valence-electron chi connectivity index (χ1n) is 3.90.